The van der Waals surface area contributed by atoms with E-state index in [0.29, 0.717) is 11.0 Å². The second-order valence-electron chi connectivity index (χ2n) is 6.81. The summed E-state index contributed by atoms with van der Waals surface area (Å²) in [5.41, 5.74) is -0.872. The van der Waals surface area contributed by atoms with Crippen LogP contribution in [0.5, 0.6) is 0 Å². The van der Waals surface area contributed by atoms with Crippen LogP contribution >= 0.6 is 11.3 Å². The third kappa shape index (κ3) is 3.37. The van der Waals surface area contributed by atoms with Crippen LogP contribution in [-0.4, -0.2) is 45.0 Å². The zero-order valence-corrected chi connectivity index (χ0v) is 15.5. The number of imide groups is 1. The Morgan fingerprint density at radius 2 is 2.04 bits per heavy atom. The van der Waals surface area contributed by atoms with Crippen molar-refractivity contribution < 1.29 is 14.4 Å². The molecule has 1 aliphatic heterocycles. The minimum absolute atomic E-state index is 0.169. The Hall–Kier alpha value is -2.03. The molecule has 4 amide bonds. The van der Waals surface area contributed by atoms with E-state index in [9.17, 15) is 14.4 Å². The van der Waals surface area contributed by atoms with Crippen molar-refractivity contribution >= 4 is 34.3 Å². The number of anilines is 1. The van der Waals surface area contributed by atoms with Gasteiger partial charge in [0.2, 0.25) is 11.0 Å². The van der Waals surface area contributed by atoms with Crippen molar-refractivity contribution in [2.75, 3.05) is 11.9 Å². The molecule has 25 heavy (non-hydrogen) atoms. The summed E-state index contributed by atoms with van der Waals surface area (Å²) in [4.78, 5) is 37.8. The molecule has 0 bridgehead atoms. The van der Waals surface area contributed by atoms with Gasteiger partial charge in [-0.1, -0.05) is 25.2 Å². The van der Waals surface area contributed by atoms with Gasteiger partial charge in [0.25, 0.3) is 5.91 Å². The highest BCUT2D eigenvalue weighted by molar-refractivity contribution is 7.15. The summed E-state index contributed by atoms with van der Waals surface area (Å²) in [6.07, 6.45) is 3.76. The zero-order chi connectivity index (χ0) is 18.2. The Kier molecular flexibility index (Phi) is 4.77. The summed E-state index contributed by atoms with van der Waals surface area (Å²) < 4.78 is 0. The molecule has 1 aromatic rings. The van der Waals surface area contributed by atoms with Gasteiger partial charge in [0.15, 0.2) is 0 Å². The van der Waals surface area contributed by atoms with Crippen molar-refractivity contribution in [1.82, 2.24) is 20.4 Å². The van der Waals surface area contributed by atoms with E-state index in [0.717, 1.165) is 35.6 Å². The third-order valence-corrected chi connectivity index (χ3v) is 6.02. The molecule has 1 saturated heterocycles. The number of hydrogen-bond acceptors (Lipinski definition) is 6. The first-order valence-corrected chi connectivity index (χ1v) is 9.48. The molecule has 2 aliphatic rings. The maximum Gasteiger partial charge on any atom is 0.325 e. The van der Waals surface area contributed by atoms with Gasteiger partial charge in [0.05, 0.1) is 0 Å². The van der Waals surface area contributed by atoms with Crippen LogP contribution in [0.15, 0.2) is 0 Å². The van der Waals surface area contributed by atoms with Gasteiger partial charge in [0.1, 0.15) is 17.1 Å². The molecule has 0 spiro atoms. The highest BCUT2D eigenvalue weighted by Gasteiger charge is 2.56. The van der Waals surface area contributed by atoms with Crippen molar-refractivity contribution in [3.05, 3.63) is 5.01 Å². The van der Waals surface area contributed by atoms with Crippen LogP contribution < -0.4 is 10.6 Å². The monoisotopic (exact) mass is 365 g/mol. The lowest BCUT2D eigenvalue weighted by Crippen LogP contribution is -2.46. The van der Waals surface area contributed by atoms with E-state index < -0.39 is 17.5 Å². The molecule has 0 radical (unpaired) electrons. The van der Waals surface area contributed by atoms with Crippen LogP contribution in [0.1, 0.15) is 57.4 Å². The van der Waals surface area contributed by atoms with Crippen molar-refractivity contribution in [1.29, 1.82) is 0 Å². The molecular formula is C16H23N5O3S. The number of amides is 4. The first kappa shape index (κ1) is 17.8. The van der Waals surface area contributed by atoms with Gasteiger partial charge in [-0.2, -0.15) is 0 Å². The fourth-order valence-electron chi connectivity index (χ4n) is 3.19. The van der Waals surface area contributed by atoms with E-state index in [-0.39, 0.29) is 18.4 Å². The van der Waals surface area contributed by atoms with Crippen LogP contribution in [0, 0.1) is 5.92 Å². The van der Waals surface area contributed by atoms with E-state index in [2.05, 4.69) is 34.7 Å². The van der Waals surface area contributed by atoms with Crippen LogP contribution in [0.3, 0.4) is 0 Å². The molecule has 0 aromatic carbocycles. The molecule has 1 aromatic heterocycles. The first-order chi connectivity index (χ1) is 11.9. The van der Waals surface area contributed by atoms with E-state index in [1.54, 1.807) is 6.92 Å². The number of carbonyl (C=O) groups is 3. The molecular weight excluding hydrogens is 342 g/mol. The van der Waals surface area contributed by atoms with Gasteiger partial charge in [-0.05, 0) is 38.5 Å². The second-order valence-corrected chi connectivity index (χ2v) is 7.81. The minimum atomic E-state index is -0.872. The maximum absolute atomic E-state index is 12.5. The first-order valence-electron chi connectivity index (χ1n) is 8.66. The largest absolute Gasteiger partial charge is 0.325 e. The molecule has 9 heteroatoms. The number of rotatable bonds is 7. The van der Waals surface area contributed by atoms with Crippen LogP contribution in [0.4, 0.5) is 9.93 Å². The van der Waals surface area contributed by atoms with Crippen LogP contribution in [-0.2, 0) is 9.59 Å². The zero-order valence-electron chi connectivity index (χ0n) is 14.7. The number of urea groups is 1. The average Bonchev–Trinajstić information content (AvgIpc) is 3.30. The van der Waals surface area contributed by atoms with Gasteiger partial charge in [-0.15, -0.1) is 10.2 Å². The van der Waals surface area contributed by atoms with Crippen molar-refractivity contribution in [3.8, 4) is 0 Å². The minimum Gasteiger partial charge on any atom is -0.323 e. The molecule has 2 N–H and O–H groups in total. The van der Waals surface area contributed by atoms with Gasteiger partial charge < -0.3 is 5.32 Å². The molecule has 3 rings (SSSR count). The lowest BCUT2D eigenvalue weighted by Gasteiger charge is -2.20. The topological polar surface area (TPSA) is 104 Å². The predicted molar refractivity (Wildman–Crippen MR) is 93.2 cm³/mol. The lowest BCUT2D eigenvalue weighted by molar-refractivity contribution is -0.134. The summed E-state index contributed by atoms with van der Waals surface area (Å²) in [7, 11) is 0. The normalized spacial score (nSPS) is 23.3. The molecule has 2 fully saturated rings. The Bertz CT molecular complexity index is 698. The third-order valence-electron chi connectivity index (χ3n) is 5.02. The highest BCUT2D eigenvalue weighted by atomic mass is 32.1. The van der Waals surface area contributed by atoms with E-state index in [1.807, 2.05) is 0 Å². The Morgan fingerprint density at radius 3 is 2.64 bits per heavy atom. The van der Waals surface area contributed by atoms with Gasteiger partial charge in [-0.25, -0.2) is 4.79 Å². The molecule has 1 saturated carbocycles. The summed E-state index contributed by atoms with van der Waals surface area (Å²) in [5.74, 6) is -0.281. The van der Waals surface area contributed by atoms with Gasteiger partial charge >= 0.3 is 6.03 Å². The number of carbonyl (C=O) groups excluding carboxylic acids is 3. The van der Waals surface area contributed by atoms with E-state index >= 15 is 0 Å². The van der Waals surface area contributed by atoms with Gasteiger partial charge in [0, 0.05) is 5.92 Å². The summed E-state index contributed by atoms with van der Waals surface area (Å²) in [6, 6.07) is -0.510. The molecule has 1 aliphatic carbocycles. The second kappa shape index (κ2) is 6.70. The van der Waals surface area contributed by atoms with E-state index in [4.69, 9.17) is 0 Å². The quantitative estimate of drug-likeness (QED) is 0.720. The SMILES string of the molecule is CCC(CC)c1nnc(NC(=O)CN2C(=O)NC(C)(C3CC3)C2=O)s1. The maximum atomic E-state index is 12.5. The molecule has 136 valence electrons. The van der Waals surface area contributed by atoms with E-state index in [1.165, 1.54) is 11.3 Å². The predicted octanol–water partition coefficient (Wildman–Crippen LogP) is 2.10. The standard InChI is InChI=1S/C16H23N5O3S/c1-4-9(5-2)12-19-20-14(25-12)17-11(22)8-21-13(23)16(3,10-6-7-10)18-15(21)24/h9-10H,4-8H2,1-3H3,(H,18,24)(H,17,20,22). The number of hydrogen-bond donors (Lipinski definition) is 2. The molecule has 2 heterocycles. The fourth-order valence-corrected chi connectivity index (χ4v) is 4.21. The molecule has 1 atom stereocenters. The van der Waals surface area contributed by atoms with Crippen LogP contribution in [0.2, 0.25) is 0 Å². The average molecular weight is 365 g/mol. The van der Waals surface area contributed by atoms with Crippen LogP contribution in [0.25, 0.3) is 0 Å². The Morgan fingerprint density at radius 1 is 1.36 bits per heavy atom. The Balaban J connectivity index is 1.61. The number of nitrogens with one attached hydrogen (secondary N) is 2. The number of nitrogens with zero attached hydrogens (tertiary/aromatic N) is 3. The smallest absolute Gasteiger partial charge is 0.323 e. The fraction of sp³-hybridized carbons (Fsp3) is 0.688. The lowest BCUT2D eigenvalue weighted by atomic mass is 9.96. The van der Waals surface area contributed by atoms with Crippen molar-refractivity contribution in [3.63, 3.8) is 0 Å². The highest BCUT2D eigenvalue weighted by Crippen LogP contribution is 2.42. The molecule has 1 unspecified atom stereocenters. The number of aromatic nitrogens is 2. The Labute approximate surface area is 150 Å². The van der Waals surface area contributed by atoms with Crippen molar-refractivity contribution in [2.24, 2.45) is 5.92 Å². The summed E-state index contributed by atoms with van der Waals surface area (Å²) in [6.45, 7) is 5.59. The summed E-state index contributed by atoms with van der Waals surface area (Å²) >= 11 is 1.33. The van der Waals surface area contributed by atoms with Gasteiger partial charge in [-0.3, -0.25) is 19.8 Å². The molecule has 8 nitrogen and oxygen atoms in total. The summed E-state index contributed by atoms with van der Waals surface area (Å²) in [5, 5.41) is 14.8. The van der Waals surface area contributed by atoms with Crippen molar-refractivity contribution in [2.45, 2.75) is 57.9 Å².